The van der Waals surface area contributed by atoms with Crippen molar-refractivity contribution in [3.8, 4) is 0 Å². The van der Waals surface area contributed by atoms with E-state index < -0.39 is 0 Å². The molecule has 1 aromatic carbocycles. The number of nitrogens with one attached hydrogen (secondary N) is 3. The van der Waals surface area contributed by atoms with E-state index in [-0.39, 0.29) is 18.0 Å². The lowest BCUT2D eigenvalue weighted by Gasteiger charge is -2.04. The zero-order chi connectivity index (χ0) is 16.2. The topological polar surface area (TPSA) is 104 Å². The Morgan fingerprint density at radius 3 is 2.96 bits per heavy atom. The van der Waals surface area contributed by atoms with Gasteiger partial charge in [-0.3, -0.25) is 14.7 Å². The average molecular weight is 311 g/mol. The summed E-state index contributed by atoms with van der Waals surface area (Å²) in [6.07, 6.45) is 1.82. The van der Waals surface area contributed by atoms with E-state index in [0.29, 0.717) is 22.4 Å². The molecule has 0 aliphatic carbocycles. The molecule has 0 aliphatic rings. The first-order valence-corrected chi connectivity index (χ1v) is 7.48. The highest BCUT2D eigenvalue weighted by atomic mass is 16.2. The highest BCUT2D eigenvalue weighted by Gasteiger charge is 2.11. The first kappa shape index (κ1) is 15.0. The van der Waals surface area contributed by atoms with Crippen molar-refractivity contribution in [2.24, 2.45) is 0 Å². The maximum atomic E-state index is 12.1. The first-order valence-electron chi connectivity index (χ1n) is 7.48. The fraction of sp³-hybridized carbons (Fsp3) is 0.250. The minimum Gasteiger partial charge on any atom is -0.343 e. The first-order chi connectivity index (χ1) is 11.2. The number of rotatable bonds is 5. The van der Waals surface area contributed by atoms with E-state index in [4.69, 9.17) is 0 Å². The molecule has 0 radical (unpaired) electrons. The number of aromatic amines is 2. The van der Waals surface area contributed by atoms with E-state index in [0.717, 1.165) is 18.5 Å². The van der Waals surface area contributed by atoms with Gasteiger partial charge >= 0.3 is 0 Å². The van der Waals surface area contributed by atoms with Crippen molar-refractivity contribution < 1.29 is 4.79 Å². The molecule has 0 spiro atoms. The number of para-hydroxylation sites is 1. The summed E-state index contributed by atoms with van der Waals surface area (Å²) >= 11 is 0. The SMILES string of the molecule is CCCc1cc(C(=O)NCc2nc3ccccc3c(=O)[nH]2)n[nH]1. The molecule has 0 atom stereocenters. The number of H-pyrrole nitrogens is 2. The van der Waals surface area contributed by atoms with Crippen LogP contribution in [0.5, 0.6) is 0 Å². The molecule has 7 heteroatoms. The number of aryl methyl sites for hydroxylation is 1. The van der Waals surface area contributed by atoms with Crippen LogP contribution in [-0.2, 0) is 13.0 Å². The maximum absolute atomic E-state index is 12.1. The van der Waals surface area contributed by atoms with Crippen LogP contribution in [0.4, 0.5) is 0 Å². The lowest BCUT2D eigenvalue weighted by Crippen LogP contribution is -2.25. The maximum Gasteiger partial charge on any atom is 0.272 e. The number of carbonyl (C=O) groups excluding carboxylic acids is 1. The molecule has 0 saturated heterocycles. The number of aromatic nitrogens is 4. The minimum absolute atomic E-state index is 0.134. The van der Waals surface area contributed by atoms with E-state index in [2.05, 4.69) is 32.4 Å². The minimum atomic E-state index is -0.306. The molecule has 0 fully saturated rings. The van der Waals surface area contributed by atoms with Crippen molar-refractivity contribution in [2.75, 3.05) is 0 Å². The van der Waals surface area contributed by atoms with E-state index in [1.54, 1.807) is 24.3 Å². The highest BCUT2D eigenvalue weighted by molar-refractivity contribution is 5.92. The molecule has 2 heterocycles. The van der Waals surface area contributed by atoms with Gasteiger partial charge in [0.25, 0.3) is 11.5 Å². The van der Waals surface area contributed by atoms with Crippen molar-refractivity contribution in [3.63, 3.8) is 0 Å². The second kappa shape index (κ2) is 6.43. The van der Waals surface area contributed by atoms with Gasteiger partial charge in [-0.15, -0.1) is 0 Å². The summed E-state index contributed by atoms with van der Waals surface area (Å²) in [5.74, 6) is 0.103. The molecule has 0 unspecified atom stereocenters. The van der Waals surface area contributed by atoms with Gasteiger partial charge in [-0.05, 0) is 24.6 Å². The van der Waals surface area contributed by atoms with Crippen LogP contribution < -0.4 is 10.9 Å². The standard InChI is InChI=1S/C16H17N5O2/c1-2-5-10-8-13(21-20-10)16(23)17-9-14-18-12-7-4-3-6-11(12)15(22)19-14/h3-4,6-8H,2,5,9H2,1H3,(H,17,23)(H,20,21)(H,18,19,22). The van der Waals surface area contributed by atoms with Gasteiger partial charge in [0.2, 0.25) is 0 Å². The zero-order valence-corrected chi connectivity index (χ0v) is 12.7. The second-order valence-electron chi connectivity index (χ2n) is 5.24. The number of benzene rings is 1. The van der Waals surface area contributed by atoms with Gasteiger partial charge in [0.1, 0.15) is 11.5 Å². The van der Waals surface area contributed by atoms with Crippen LogP contribution in [0.25, 0.3) is 10.9 Å². The van der Waals surface area contributed by atoms with Gasteiger partial charge in [-0.25, -0.2) is 4.98 Å². The lowest BCUT2D eigenvalue weighted by molar-refractivity contribution is 0.0945. The number of amides is 1. The van der Waals surface area contributed by atoms with E-state index in [9.17, 15) is 9.59 Å². The van der Waals surface area contributed by atoms with Gasteiger partial charge in [-0.2, -0.15) is 5.10 Å². The third-order valence-electron chi connectivity index (χ3n) is 3.46. The molecule has 2 aromatic heterocycles. The van der Waals surface area contributed by atoms with Crippen LogP contribution in [-0.4, -0.2) is 26.1 Å². The van der Waals surface area contributed by atoms with Crippen LogP contribution in [0.3, 0.4) is 0 Å². The Bertz CT molecular complexity index is 897. The number of hydrogen-bond acceptors (Lipinski definition) is 4. The van der Waals surface area contributed by atoms with Gasteiger partial charge in [0.15, 0.2) is 0 Å². The fourth-order valence-corrected chi connectivity index (χ4v) is 2.35. The van der Waals surface area contributed by atoms with Gasteiger partial charge in [0.05, 0.1) is 17.4 Å². The quantitative estimate of drug-likeness (QED) is 0.664. The zero-order valence-electron chi connectivity index (χ0n) is 12.7. The summed E-state index contributed by atoms with van der Waals surface area (Å²) in [7, 11) is 0. The molecule has 1 amide bonds. The third kappa shape index (κ3) is 3.28. The smallest absolute Gasteiger partial charge is 0.272 e. The Morgan fingerprint density at radius 1 is 1.30 bits per heavy atom. The predicted molar refractivity (Wildman–Crippen MR) is 86.1 cm³/mol. The Kier molecular flexibility index (Phi) is 4.18. The van der Waals surface area contributed by atoms with E-state index in [1.807, 2.05) is 6.07 Å². The van der Waals surface area contributed by atoms with E-state index in [1.165, 1.54) is 0 Å². The van der Waals surface area contributed by atoms with Crippen LogP contribution in [0.1, 0.15) is 35.4 Å². The molecule has 7 nitrogen and oxygen atoms in total. The van der Waals surface area contributed by atoms with Crippen molar-refractivity contribution in [1.29, 1.82) is 0 Å². The summed E-state index contributed by atoms with van der Waals surface area (Å²) in [6, 6.07) is 8.81. The molecule has 0 aliphatic heterocycles. The number of hydrogen-bond donors (Lipinski definition) is 3. The molecule has 0 bridgehead atoms. The molecule has 3 N–H and O–H groups in total. The van der Waals surface area contributed by atoms with Crippen molar-refractivity contribution in [1.82, 2.24) is 25.5 Å². The van der Waals surface area contributed by atoms with Crippen LogP contribution in [0.15, 0.2) is 35.1 Å². The molecule has 118 valence electrons. The largest absolute Gasteiger partial charge is 0.343 e. The van der Waals surface area contributed by atoms with Crippen molar-refractivity contribution in [3.05, 3.63) is 57.9 Å². The van der Waals surface area contributed by atoms with Crippen LogP contribution in [0, 0.1) is 0 Å². The van der Waals surface area contributed by atoms with Gasteiger partial charge < -0.3 is 10.3 Å². The third-order valence-corrected chi connectivity index (χ3v) is 3.46. The molecular weight excluding hydrogens is 294 g/mol. The summed E-state index contributed by atoms with van der Waals surface area (Å²) in [5.41, 5.74) is 1.64. The highest BCUT2D eigenvalue weighted by Crippen LogP contribution is 2.06. The molecular formula is C16H17N5O2. The molecule has 0 saturated carbocycles. The van der Waals surface area contributed by atoms with Crippen molar-refractivity contribution in [2.45, 2.75) is 26.3 Å². The Labute approximate surface area is 132 Å². The summed E-state index contributed by atoms with van der Waals surface area (Å²) in [4.78, 5) is 31.0. The van der Waals surface area contributed by atoms with Gasteiger partial charge in [0, 0.05) is 5.69 Å². The Balaban J connectivity index is 1.72. The summed E-state index contributed by atoms with van der Waals surface area (Å²) in [6.45, 7) is 2.19. The van der Waals surface area contributed by atoms with Gasteiger partial charge in [-0.1, -0.05) is 25.5 Å². The number of fused-ring (bicyclic) bond motifs is 1. The lowest BCUT2D eigenvalue weighted by atomic mass is 10.2. The molecule has 3 rings (SSSR count). The summed E-state index contributed by atoms with van der Waals surface area (Å²) in [5, 5.41) is 10.1. The van der Waals surface area contributed by atoms with Crippen LogP contribution >= 0.6 is 0 Å². The monoisotopic (exact) mass is 311 g/mol. The van der Waals surface area contributed by atoms with E-state index >= 15 is 0 Å². The number of carbonyl (C=O) groups is 1. The molecule has 3 aromatic rings. The normalized spacial score (nSPS) is 10.8. The van der Waals surface area contributed by atoms with Crippen molar-refractivity contribution >= 4 is 16.8 Å². The molecule has 23 heavy (non-hydrogen) atoms. The number of nitrogens with zero attached hydrogens (tertiary/aromatic N) is 2. The average Bonchev–Trinajstić information content (AvgIpc) is 3.02. The Morgan fingerprint density at radius 2 is 2.13 bits per heavy atom. The predicted octanol–water partition coefficient (Wildman–Crippen LogP) is 1.53. The summed E-state index contributed by atoms with van der Waals surface area (Å²) < 4.78 is 0. The second-order valence-corrected chi connectivity index (χ2v) is 5.24. The fourth-order valence-electron chi connectivity index (χ4n) is 2.35. The van der Waals surface area contributed by atoms with Crippen LogP contribution in [0.2, 0.25) is 0 Å². The Hall–Kier alpha value is -2.96.